The Morgan fingerprint density at radius 1 is 1.35 bits per heavy atom. The van der Waals surface area contributed by atoms with Crippen LogP contribution in [0.15, 0.2) is 24.3 Å². The number of nitrogens with one attached hydrogen (secondary N) is 1. The Balaban J connectivity index is 2.11. The average Bonchev–Trinajstić information content (AvgIpc) is 2.47. The predicted octanol–water partition coefficient (Wildman–Crippen LogP) is 4.77. The van der Waals surface area contributed by atoms with Crippen molar-refractivity contribution in [1.82, 2.24) is 4.90 Å². The average molecular weight is 290 g/mol. The van der Waals surface area contributed by atoms with Crippen LogP contribution in [0, 0.1) is 0 Å². The number of benzene rings is 1. The first-order valence-electron chi connectivity index (χ1n) is 7.80. The molecular weight excluding hydrogens is 264 g/mol. The van der Waals surface area contributed by atoms with Crippen molar-refractivity contribution in [3.05, 3.63) is 29.8 Å². The van der Waals surface area contributed by atoms with Crippen molar-refractivity contribution < 1.29 is 0 Å². The summed E-state index contributed by atoms with van der Waals surface area (Å²) in [5.74, 6) is 0.504. The molecule has 1 aromatic rings. The minimum atomic E-state index is 0.504. The number of thiocarbonyl (C=S) groups is 1. The Morgan fingerprint density at radius 2 is 2.10 bits per heavy atom. The number of rotatable bonds is 3. The lowest BCUT2D eigenvalue weighted by Gasteiger charge is -2.37. The lowest BCUT2D eigenvalue weighted by molar-refractivity contribution is 0.239. The van der Waals surface area contributed by atoms with Crippen LogP contribution in [0.1, 0.15) is 57.9 Å². The van der Waals surface area contributed by atoms with Crippen LogP contribution in [0.25, 0.3) is 0 Å². The number of para-hydroxylation sites is 1. The number of hydrogen-bond acceptors (Lipinski definition) is 1. The molecule has 0 bridgehead atoms. The first-order chi connectivity index (χ1) is 9.63. The summed E-state index contributed by atoms with van der Waals surface area (Å²) in [6.45, 7) is 7.79. The molecule has 0 spiro atoms. The number of nitrogens with zero attached hydrogens (tertiary/aromatic N) is 1. The largest absolute Gasteiger partial charge is 0.346 e. The molecule has 0 aliphatic carbocycles. The monoisotopic (exact) mass is 290 g/mol. The predicted molar refractivity (Wildman–Crippen MR) is 91.4 cm³/mol. The minimum absolute atomic E-state index is 0.504. The molecule has 20 heavy (non-hydrogen) atoms. The lowest BCUT2D eigenvalue weighted by Crippen LogP contribution is -2.45. The summed E-state index contributed by atoms with van der Waals surface area (Å²) >= 11 is 5.66. The van der Waals surface area contributed by atoms with Crippen LogP contribution in [-0.4, -0.2) is 22.6 Å². The summed E-state index contributed by atoms with van der Waals surface area (Å²) in [6, 6.07) is 9.09. The number of piperidine rings is 1. The second-order valence-corrected chi connectivity index (χ2v) is 6.31. The maximum Gasteiger partial charge on any atom is 0.173 e. The van der Waals surface area contributed by atoms with Gasteiger partial charge in [-0.25, -0.2) is 0 Å². The van der Waals surface area contributed by atoms with Gasteiger partial charge in [-0.2, -0.15) is 0 Å². The van der Waals surface area contributed by atoms with E-state index in [1.807, 2.05) is 0 Å². The van der Waals surface area contributed by atoms with Crippen molar-refractivity contribution in [2.45, 2.75) is 58.4 Å². The highest BCUT2D eigenvalue weighted by molar-refractivity contribution is 7.80. The molecule has 1 fully saturated rings. The van der Waals surface area contributed by atoms with Crippen LogP contribution in [0.4, 0.5) is 5.69 Å². The van der Waals surface area contributed by atoms with E-state index in [9.17, 15) is 0 Å². The summed E-state index contributed by atoms with van der Waals surface area (Å²) in [5.41, 5.74) is 2.49. The van der Waals surface area contributed by atoms with Gasteiger partial charge in [0.25, 0.3) is 0 Å². The van der Waals surface area contributed by atoms with Gasteiger partial charge in [0.15, 0.2) is 5.11 Å². The molecule has 1 saturated heterocycles. The van der Waals surface area contributed by atoms with Crippen LogP contribution >= 0.6 is 12.2 Å². The third-order valence-electron chi connectivity index (χ3n) is 4.18. The lowest BCUT2D eigenvalue weighted by atomic mass is 10.00. The molecule has 110 valence electrons. The Morgan fingerprint density at radius 3 is 2.80 bits per heavy atom. The minimum Gasteiger partial charge on any atom is -0.346 e. The first-order valence-corrected chi connectivity index (χ1v) is 8.20. The zero-order valence-electron chi connectivity index (χ0n) is 12.9. The molecule has 0 saturated carbocycles. The quantitative estimate of drug-likeness (QED) is 0.807. The topological polar surface area (TPSA) is 15.3 Å². The normalized spacial score (nSPS) is 19.2. The first kappa shape index (κ1) is 15.3. The number of likely N-dealkylation sites (tertiary alicyclic amines) is 1. The molecule has 1 N–H and O–H groups in total. The van der Waals surface area contributed by atoms with Crippen LogP contribution in [0.3, 0.4) is 0 Å². The van der Waals surface area contributed by atoms with Crippen molar-refractivity contribution in [2.75, 3.05) is 11.9 Å². The van der Waals surface area contributed by atoms with Gasteiger partial charge in [-0.05, 0) is 55.4 Å². The highest BCUT2D eigenvalue weighted by Gasteiger charge is 2.23. The fourth-order valence-corrected chi connectivity index (χ4v) is 3.34. The van der Waals surface area contributed by atoms with Gasteiger partial charge in [0, 0.05) is 18.3 Å². The molecule has 0 aromatic heterocycles. The molecule has 1 aliphatic rings. The van der Waals surface area contributed by atoms with E-state index in [1.165, 1.54) is 31.2 Å². The van der Waals surface area contributed by atoms with Crippen molar-refractivity contribution in [3.63, 3.8) is 0 Å². The van der Waals surface area contributed by atoms with E-state index < -0.39 is 0 Å². The molecule has 1 aromatic carbocycles. The molecule has 1 aliphatic heterocycles. The summed E-state index contributed by atoms with van der Waals surface area (Å²) in [7, 11) is 0. The van der Waals surface area contributed by atoms with E-state index in [2.05, 4.69) is 55.3 Å². The Hall–Kier alpha value is -1.09. The van der Waals surface area contributed by atoms with E-state index in [-0.39, 0.29) is 0 Å². The van der Waals surface area contributed by atoms with E-state index in [1.54, 1.807) is 0 Å². The molecule has 1 heterocycles. The summed E-state index contributed by atoms with van der Waals surface area (Å²) in [6.07, 6.45) is 5.03. The SMILES string of the molecule is CC[C@@H]1CCCCN1C(=S)Nc1ccccc1C(C)C. The third kappa shape index (κ3) is 3.51. The second-order valence-electron chi connectivity index (χ2n) is 5.92. The van der Waals surface area contributed by atoms with Gasteiger partial charge in [-0.15, -0.1) is 0 Å². The maximum absolute atomic E-state index is 5.66. The van der Waals surface area contributed by atoms with Crippen LogP contribution in [-0.2, 0) is 0 Å². The van der Waals surface area contributed by atoms with Crippen LogP contribution in [0.5, 0.6) is 0 Å². The van der Waals surface area contributed by atoms with Crippen molar-refractivity contribution in [3.8, 4) is 0 Å². The molecule has 3 heteroatoms. The summed E-state index contributed by atoms with van der Waals surface area (Å²) < 4.78 is 0. The summed E-state index contributed by atoms with van der Waals surface area (Å²) in [5, 5.41) is 4.38. The Bertz CT molecular complexity index is 456. The van der Waals surface area contributed by atoms with Crippen LogP contribution < -0.4 is 5.32 Å². The molecule has 0 unspecified atom stereocenters. The zero-order valence-corrected chi connectivity index (χ0v) is 13.7. The van der Waals surface area contributed by atoms with Crippen molar-refractivity contribution >= 4 is 23.0 Å². The van der Waals surface area contributed by atoms with E-state index in [4.69, 9.17) is 12.2 Å². The third-order valence-corrected chi connectivity index (χ3v) is 4.52. The van der Waals surface area contributed by atoms with Gasteiger partial charge >= 0.3 is 0 Å². The molecular formula is C17H26N2S. The fraction of sp³-hybridized carbons (Fsp3) is 0.588. The van der Waals surface area contributed by atoms with E-state index in [0.717, 1.165) is 17.3 Å². The van der Waals surface area contributed by atoms with Gasteiger partial charge in [0.1, 0.15) is 0 Å². The van der Waals surface area contributed by atoms with Crippen molar-refractivity contribution in [2.24, 2.45) is 0 Å². The molecule has 2 nitrogen and oxygen atoms in total. The van der Waals surface area contributed by atoms with Gasteiger partial charge in [0.05, 0.1) is 0 Å². The standard InChI is InChI=1S/C17H26N2S/c1-4-14-9-7-8-12-19(14)17(20)18-16-11-6-5-10-15(16)13(2)3/h5-6,10-11,13-14H,4,7-9,12H2,1-3H3,(H,18,20)/t14-/m1/s1. The Kier molecular flexibility index (Phi) is 5.41. The van der Waals surface area contributed by atoms with Gasteiger partial charge < -0.3 is 10.2 Å². The Labute approximate surface area is 128 Å². The highest BCUT2D eigenvalue weighted by atomic mass is 32.1. The second kappa shape index (κ2) is 7.07. The molecule has 0 radical (unpaired) electrons. The van der Waals surface area contributed by atoms with Gasteiger partial charge in [0.2, 0.25) is 0 Å². The smallest absolute Gasteiger partial charge is 0.173 e. The molecule has 0 amide bonds. The van der Waals surface area contributed by atoms with E-state index >= 15 is 0 Å². The van der Waals surface area contributed by atoms with E-state index in [0.29, 0.717) is 12.0 Å². The number of anilines is 1. The maximum atomic E-state index is 5.66. The van der Waals surface area contributed by atoms with Gasteiger partial charge in [-0.3, -0.25) is 0 Å². The summed E-state index contributed by atoms with van der Waals surface area (Å²) in [4.78, 5) is 2.38. The number of hydrogen-bond donors (Lipinski definition) is 1. The van der Waals surface area contributed by atoms with Crippen molar-refractivity contribution in [1.29, 1.82) is 0 Å². The fourth-order valence-electron chi connectivity index (χ4n) is 2.99. The zero-order chi connectivity index (χ0) is 14.5. The molecule has 1 atom stereocenters. The highest BCUT2D eigenvalue weighted by Crippen LogP contribution is 2.26. The molecule has 2 rings (SSSR count). The van der Waals surface area contributed by atoms with Crippen LogP contribution in [0.2, 0.25) is 0 Å². The van der Waals surface area contributed by atoms with Gasteiger partial charge in [-0.1, -0.05) is 39.0 Å².